The summed E-state index contributed by atoms with van der Waals surface area (Å²) in [6, 6.07) is 4.84. The Labute approximate surface area is 139 Å². The van der Waals surface area contributed by atoms with Gasteiger partial charge >= 0.3 is 0 Å². The van der Waals surface area contributed by atoms with Crippen molar-refractivity contribution in [1.82, 2.24) is 4.72 Å². The summed E-state index contributed by atoms with van der Waals surface area (Å²) in [5.74, 6) is 1.63. The first-order valence-corrected chi connectivity index (χ1v) is 10.3. The highest BCUT2D eigenvalue weighted by molar-refractivity contribution is 9.10. The predicted octanol–water partition coefficient (Wildman–Crippen LogP) is 3.41. The summed E-state index contributed by atoms with van der Waals surface area (Å²) < 4.78 is 33.6. The average molecular weight is 394 g/mol. The summed E-state index contributed by atoms with van der Waals surface area (Å²) in [6.45, 7) is 2.11. The van der Waals surface area contributed by atoms with Gasteiger partial charge in [-0.25, -0.2) is 13.1 Å². The fraction of sp³-hybridized carbons (Fsp3) is 0.571. The molecule has 0 heterocycles. The van der Waals surface area contributed by atoms with E-state index in [9.17, 15) is 8.42 Å². The summed E-state index contributed by atoms with van der Waals surface area (Å²) in [4.78, 5) is 0.266. The average Bonchev–Trinajstić information content (AvgIpc) is 2.86. The maximum absolute atomic E-state index is 12.5. The summed E-state index contributed by atoms with van der Waals surface area (Å²) >= 11 is 5.16. The third kappa shape index (κ3) is 4.15. The minimum atomic E-state index is -3.49. The van der Waals surface area contributed by atoms with Crippen molar-refractivity contribution in [2.24, 2.45) is 0 Å². The Kier molecular flexibility index (Phi) is 5.99. The van der Waals surface area contributed by atoms with Crippen LogP contribution in [0.25, 0.3) is 0 Å². The van der Waals surface area contributed by atoms with Crippen molar-refractivity contribution in [3.63, 3.8) is 0 Å². The Hall–Kier alpha value is -0.240. The molecule has 0 bridgehead atoms. The van der Waals surface area contributed by atoms with Crippen molar-refractivity contribution >= 4 is 37.7 Å². The van der Waals surface area contributed by atoms with Gasteiger partial charge < -0.3 is 4.74 Å². The molecule has 0 amide bonds. The van der Waals surface area contributed by atoms with Crippen LogP contribution >= 0.6 is 27.7 Å². The molecule has 1 aliphatic carbocycles. The van der Waals surface area contributed by atoms with Gasteiger partial charge in [-0.1, -0.05) is 13.3 Å². The van der Waals surface area contributed by atoms with Crippen LogP contribution in [0.2, 0.25) is 0 Å². The lowest BCUT2D eigenvalue weighted by atomic mass is 10.3. The number of sulfonamides is 1. The van der Waals surface area contributed by atoms with Crippen LogP contribution in [-0.4, -0.2) is 32.6 Å². The first-order valence-electron chi connectivity index (χ1n) is 6.95. The molecule has 0 aromatic heterocycles. The second-order valence-corrected chi connectivity index (χ2v) is 9.03. The van der Waals surface area contributed by atoms with E-state index >= 15 is 0 Å². The molecule has 0 saturated heterocycles. The van der Waals surface area contributed by atoms with Crippen molar-refractivity contribution in [1.29, 1.82) is 0 Å². The van der Waals surface area contributed by atoms with Gasteiger partial charge in [-0.05, 0) is 52.7 Å². The molecule has 2 rings (SSSR count). The van der Waals surface area contributed by atoms with Crippen molar-refractivity contribution in [2.45, 2.75) is 42.4 Å². The molecule has 1 N–H and O–H groups in total. The molecule has 1 aromatic carbocycles. The van der Waals surface area contributed by atoms with E-state index in [1.165, 1.54) is 0 Å². The van der Waals surface area contributed by atoms with Gasteiger partial charge in [-0.3, -0.25) is 0 Å². The van der Waals surface area contributed by atoms with Gasteiger partial charge in [0.2, 0.25) is 10.0 Å². The molecular formula is C14H20BrNO3S2. The van der Waals surface area contributed by atoms with Crippen LogP contribution in [0.5, 0.6) is 5.75 Å². The van der Waals surface area contributed by atoms with Crippen LogP contribution < -0.4 is 9.46 Å². The minimum Gasteiger partial charge on any atom is -0.496 e. The Morgan fingerprint density at radius 3 is 2.81 bits per heavy atom. The maximum atomic E-state index is 12.5. The Bertz CT molecular complexity index is 592. The summed E-state index contributed by atoms with van der Waals surface area (Å²) in [5.41, 5.74) is 0. The van der Waals surface area contributed by atoms with E-state index in [2.05, 4.69) is 27.6 Å². The summed E-state index contributed by atoms with van der Waals surface area (Å²) in [5, 5.41) is 0.381. The van der Waals surface area contributed by atoms with Gasteiger partial charge in [-0.15, -0.1) is 0 Å². The number of methoxy groups -OCH3 is 1. The van der Waals surface area contributed by atoms with E-state index in [0.717, 1.165) is 25.0 Å². The highest BCUT2D eigenvalue weighted by Gasteiger charge is 2.31. The Morgan fingerprint density at radius 1 is 1.43 bits per heavy atom. The topological polar surface area (TPSA) is 55.4 Å². The van der Waals surface area contributed by atoms with Crippen LogP contribution in [0.4, 0.5) is 0 Å². The zero-order chi connectivity index (χ0) is 15.5. The summed E-state index contributed by atoms with van der Waals surface area (Å²) in [6.07, 6.45) is 3.07. The molecule has 0 spiro atoms. The van der Waals surface area contributed by atoms with Gasteiger partial charge in [0, 0.05) is 11.3 Å². The zero-order valence-electron chi connectivity index (χ0n) is 12.1. The van der Waals surface area contributed by atoms with Crippen LogP contribution in [0.3, 0.4) is 0 Å². The molecule has 1 saturated carbocycles. The third-order valence-corrected chi connectivity index (χ3v) is 7.01. The van der Waals surface area contributed by atoms with Gasteiger partial charge in [0.25, 0.3) is 0 Å². The van der Waals surface area contributed by atoms with Crippen LogP contribution in [0.1, 0.15) is 26.2 Å². The molecule has 2 unspecified atom stereocenters. The first-order chi connectivity index (χ1) is 9.97. The fourth-order valence-corrected chi connectivity index (χ4v) is 5.87. The van der Waals surface area contributed by atoms with Gasteiger partial charge in [0.15, 0.2) is 0 Å². The normalized spacial score (nSPS) is 22.4. The van der Waals surface area contributed by atoms with Crippen LogP contribution in [-0.2, 0) is 10.0 Å². The number of rotatable bonds is 6. The third-order valence-electron chi connectivity index (χ3n) is 3.57. The molecular weight excluding hydrogens is 374 g/mol. The van der Waals surface area contributed by atoms with Gasteiger partial charge in [0.1, 0.15) is 5.75 Å². The molecule has 21 heavy (non-hydrogen) atoms. The second kappa shape index (κ2) is 7.35. The lowest BCUT2D eigenvalue weighted by Gasteiger charge is -2.20. The smallest absolute Gasteiger partial charge is 0.240 e. The SMILES string of the molecule is CCSC1CCCC1NS(=O)(=O)c1ccc(OC)c(Br)c1. The van der Waals surface area contributed by atoms with E-state index in [1.54, 1.807) is 25.3 Å². The highest BCUT2D eigenvalue weighted by atomic mass is 79.9. The molecule has 1 aromatic rings. The van der Waals surface area contributed by atoms with Crippen molar-refractivity contribution < 1.29 is 13.2 Å². The van der Waals surface area contributed by atoms with Crippen molar-refractivity contribution in [3.8, 4) is 5.75 Å². The second-order valence-electron chi connectivity index (χ2n) is 4.95. The monoisotopic (exact) mass is 393 g/mol. The molecule has 118 valence electrons. The minimum absolute atomic E-state index is 0.0285. The highest BCUT2D eigenvalue weighted by Crippen LogP contribution is 2.32. The van der Waals surface area contributed by atoms with E-state index in [1.807, 2.05) is 11.8 Å². The number of nitrogens with one attached hydrogen (secondary N) is 1. The number of hydrogen-bond acceptors (Lipinski definition) is 4. The van der Waals surface area contributed by atoms with E-state index in [4.69, 9.17) is 4.74 Å². The molecule has 0 aliphatic heterocycles. The van der Waals surface area contributed by atoms with E-state index in [-0.39, 0.29) is 10.9 Å². The van der Waals surface area contributed by atoms with Crippen molar-refractivity contribution in [2.75, 3.05) is 12.9 Å². The van der Waals surface area contributed by atoms with E-state index < -0.39 is 10.0 Å². The van der Waals surface area contributed by atoms with Crippen LogP contribution in [0.15, 0.2) is 27.6 Å². The molecule has 4 nitrogen and oxygen atoms in total. The molecule has 0 radical (unpaired) electrons. The van der Waals surface area contributed by atoms with Crippen molar-refractivity contribution in [3.05, 3.63) is 22.7 Å². The standard InChI is InChI=1S/C14H20BrNO3S2/c1-3-20-14-6-4-5-12(14)16-21(17,18)10-7-8-13(19-2)11(15)9-10/h7-9,12,14,16H,3-6H2,1-2H3. The zero-order valence-corrected chi connectivity index (χ0v) is 15.4. The lowest BCUT2D eigenvalue weighted by Crippen LogP contribution is -2.38. The fourth-order valence-electron chi connectivity index (χ4n) is 2.56. The Balaban J connectivity index is 2.16. The molecule has 1 aliphatic rings. The maximum Gasteiger partial charge on any atom is 0.240 e. The lowest BCUT2D eigenvalue weighted by molar-refractivity contribution is 0.411. The van der Waals surface area contributed by atoms with Crippen LogP contribution in [0, 0.1) is 0 Å². The Morgan fingerprint density at radius 2 is 2.19 bits per heavy atom. The van der Waals surface area contributed by atoms with E-state index in [0.29, 0.717) is 15.5 Å². The molecule has 7 heteroatoms. The number of thioether (sulfide) groups is 1. The number of hydrogen-bond donors (Lipinski definition) is 1. The molecule has 1 fully saturated rings. The summed E-state index contributed by atoms with van der Waals surface area (Å²) in [7, 11) is -1.94. The van der Waals surface area contributed by atoms with Gasteiger partial charge in [-0.2, -0.15) is 11.8 Å². The number of benzene rings is 1. The quantitative estimate of drug-likeness (QED) is 0.804. The first kappa shape index (κ1) is 17.1. The molecule has 2 atom stereocenters. The largest absolute Gasteiger partial charge is 0.496 e. The predicted molar refractivity (Wildman–Crippen MR) is 90.6 cm³/mol. The van der Waals surface area contributed by atoms with Gasteiger partial charge in [0.05, 0.1) is 16.5 Å². The number of ether oxygens (including phenoxy) is 1. The number of halogens is 1.